The lowest BCUT2D eigenvalue weighted by atomic mass is 10.1. The van der Waals surface area contributed by atoms with Crippen molar-refractivity contribution < 1.29 is 9.53 Å². The highest BCUT2D eigenvalue weighted by atomic mass is 16.5. The highest BCUT2D eigenvalue weighted by Crippen LogP contribution is 2.08. The lowest BCUT2D eigenvalue weighted by molar-refractivity contribution is -0.128. The second-order valence-electron chi connectivity index (χ2n) is 4.91. The number of ketones is 1. The summed E-state index contributed by atoms with van der Waals surface area (Å²) in [5, 5.41) is 4.15. The third kappa shape index (κ3) is 4.22. The normalized spacial score (nSPS) is 12.9. The monoisotopic (exact) mass is 253 g/mol. The first-order chi connectivity index (χ1) is 8.58. The molecule has 1 atom stereocenters. The predicted octanol–water partition coefficient (Wildman–Crippen LogP) is 1.86. The number of rotatable bonds is 8. The molecule has 0 aliphatic carbocycles. The number of aromatic nitrogens is 3. The first kappa shape index (κ1) is 14.8. The Labute approximate surface area is 109 Å². The minimum Gasteiger partial charge on any atom is -0.374 e. The van der Waals surface area contributed by atoms with Crippen molar-refractivity contribution in [2.24, 2.45) is 5.92 Å². The number of ether oxygens (including phenoxy) is 1. The van der Waals surface area contributed by atoms with Crippen LogP contribution in [0.2, 0.25) is 0 Å². The average Bonchev–Trinajstić information content (AvgIpc) is 2.72. The quantitative estimate of drug-likeness (QED) is 0.709. The standard InChI is InChI=1S/C13H23N3O2/c1-5-6-12(18-4)11(17)7-13-14-9-15-16(13)8-10(2)3/h9-10,12H,5-8H2,1-4H3. The number of hydrogen-bond donors (Lipinski definition) is 0. The first-order valence-corrected chi connectivity index (χ1v) is 6.50. The second kappa shape index (κ2) is 7.26. The van der Waals surface area contributed by atoms with Crippen LogP contribution in [0.15, 0.2) is 6.33 Å². The predicted molar refractivity (Wildman–Crippen MR) is 69.3 cm³/mol. The fourth-order valence-electron chi connectivity index (χ4n) is 1.87. The van der Waals surface area contributed by atoms with Crippen LogP contribution in [-0.2, 0) is 22.5 Å². The van der Waals surface area contributed by atoms with Crippen molar-refractivity contribution in [3.8, 4) is 0 Å². The van der Waals surface area contributed by atoms with Crippen LogP contribution in [-0.4, -0.2) is 33.8 Å². The van der Waals surface area contributed by atoms with Gasteiger partial charge in [0, 0.05) is 13.7 Å². The van der Waals surface area contributed by atoms with Crippen molar-refractivity contribution in [3.63, 3.8) is 0 Å². The Kier molecular flexibility index (Phi) is 5.98. The van der Waals surface area contributed by atoms with E-state index in [4.69, 9.17) is 4.74 Å². The van der Waals surface area contributed by atoms with Crippen molar-refractivity contribution in [1.82, 2.24) is 14.8 Å². The minimum atomic E-state index is -0.320. The maximum atomic E-state index is 12.1. The Balaban J connectivity index is 2.66. The number of Topliss-reactive ketones (excluding diaryl/α,β-unsaturated/α-hetero) is 1. The molecule has 0 amide bonds. The summed E-state index contributed by atoms with van der Waals surface area (Å²) in [5.74, 6) is 1.29. The van der Waals surface area contributed by atoms with Gasteiger partial charge in [0.25, 0.3) is 0 Å². The van der Waals surface area contributed by atoms with Gasteiger partial charge in [-0.3, -0.25) is 4.79 Å². The van der Waals surface area contributed by atoms with E-state index in [2.05, 4.69) is 23.9 Å². The van der Waals surface area contributed by atoms with E-state index in [1.807, 2.05) is 6.92 Å². The van der Waals surface area contributed by atoms with Crippen molar-refractivity contribution in [2.45, 2.75) is 52.7 Å². The molecular weight excluding hydrogens is 230 g/mol. The smallest absolute Gasteiger partial charge is 0.169 e. The number of carbonyl (C=O) groups is 1. The van der Waals surface area contributed by atoms with Gasteiger partial charge in [-0.2, -0.15) is 5.10 Å². The topological polar surface area (TPSA) is 57.0 Å². The zero-order valence-corrected chi connectivity index (χ0v) is 11.7. The third-order valence-electron chi connectivity index (χ3n) is 2.76. The second-order valence-corrected chi connectivity index (χ2v) is 4.91. The van der Waals surface area contributed by atoms with Crippen LogP contribution >= 0.6 is 0 Å². The van der Waals surface area contributed by atoms with E-state index in [9.17, 15) is 4.79 Å². The lowest BCUT2D eigenvalue weighted by Crippen LogP contribution is -2.26. The zero-order chi connectivity index (χ0) is 13.5. The molecule has 0 spiro atoms. The van der Waals surface area contributed by atoms with Gasteiger partial charge in [0.15, 0.2) is 5.78 Å². The summed E-state index contributed by atoms with van der Waals surface area (Å²) < 4.78 is 7.02. The van der Waals surface area contributed by atoms with E-state index in [-0.39, 0.29) is 11.9 Å². The van der Waals surface area contributed by atoms with Gasteiger partial charge in [0.2, 0.25) is 0 Å². The van der Waals surface area contributed by atoms with Gasteiger partial charge in [-0.1, -0.05) is 27.2 Å². The lowest BCUT2D eigenvalue weighted by Gasteiger charge is -2.13. The molecule has 0 aliphatic heterocycles. The van der Waals surface area contributed by atoms with Gasteiger partial charge in [-0.05, 0) is 12.3 Å². The van der Waals surface area contributed by atoms with Gasteiger partial charge in [-0.15, -0.1) is 0 Å². The Morgan fingerprint density at radius 2 is 2.22 bits per heavy atom. The molecule has 0 aromatic carbocycles. The largest absolute Gasteiger partial charge is 0.374 e. The summed E-state index contributed by atoms with van der Waals surface area (Å²) >= 11 is 0. The van der Waals surface area contributed by atoms with Gasteiger partial charge in [-0.25, -0.2) is 9.67 Å². The van der Waals surface area contributed by atoms with Crippen LogP contribution < -0.4 is 0 Å². The summed E-state index contributed by atoms with van der Waals surface area (Å²) in [4.78, 5) is 16.2. The maximum Gasteiger partial charge on any atom is 0.169 e. The highest BCUT2D eigenvalue weighted by molar-refractivity contribution is 5.84. The first-order valence-electron chi connectivity index (χ1n) is 6.50. The van der Waals surface area contributed by atoms with Crippen LogP contribution in [0.5, 0.6) is 0 Å². The Morgan fingerprint density at radius 3 is 2.78 bits per heavy atom. The summed E-state index contributed by atoms with van der Waals surface area (Å²) in [6, 6.07) is 0. The number of hydrogen-bond acceptors (Lipinski definition) is 4. The molecule has 1 aromatic heterocycles. The minimum absolute atomic E-state index is 0.0809. The number of nitrogens with zero attached hydrogens (tertiary/aromatic N) is 3. The van der Waals surface area contributed by atoms with E-state index in [1.165, 1.54) is 6.33 Å². The molecule has 0 saturated carbocycles. The fourth-order valence-corrected chi connectivity index (χ4v) is 1.87. The van der Waals surface area contributed by atoms with E-state index < -0.39 is 0 Å². The molecule has 0 bridgehead atoms. The molecule has 102 valence electrons. The van der Waals surface area contributed by atoms with Gasteiger partial charge >= 0.3 is 0 Å². The fraction of sp³-hybridized carbons (Fsp3) is 0.769. The molecule has 0 saturated heterocycles. The molecule has 5 nitrogen and oxygen atoms in total. The van der Waals surface area contributed by atoms with Crippen LogP contribution in [0.25, 0.3) is 0 Å². The molecule has 1 unspecified atom stereocenters. The van der Waals surface area contributed by atoms with Crippen LogP contribution in [0.1, 0.15) is 39.4 Å². The molecule has 0 radical (unpaired) electrons. The zero-order valence-electron chi connectivity index (χ0n) is 11.7. The van der Waals surface area contributed by atoms with Crippen LogP contribution in [0.3, 0.4) is 0 Å². The van der Waals surface area contributed by atoms with Crippen LogP contribution in [0.4, 0.5) is 0 Å². The van der Waals surface area contributed by atoms with Gasteiger partial charge in [0.05, 0.1) is 6.42 Å². The van der Waals surface area contributed by atoms with E-state index >= 15 is 0 Å². The van der Waals surface area contributed by atoms with Gasteiger partial charge in [0.1, 0.15) is 18.3 Å². The molecule has 0 aliphatic rings. The molecule has 18 heavy (non-hydrogen) atoms. The summed E-state index contributed by atoms with van der Waals surface area (Å²) in [7, 11) is 1.58. The number of carbonyl (C=O) groups excluding carboxylic acids is 1. The van der Waals surface area contributed by atoms with E-state index in [0.29, 0.717) is 12.3 Å². The van der Waals surface area contributed by atoms with Crippen molar-refractivity contribution >= 4 is 5.78 Å². The molecule has 0 fully saturated rings. The molecule has 1 rings (SSSR count). The van der Waals surface area contributed by atoms with E-state index in [0.717, 1.165) is 25.2 Å². The summed E-state index contributed by atoms with van der Waals surface area (Å²) in [6.07, 6.45) is 3.17. The Hall–Kier alpha value is -1.23. The SMILES string of the molecule is CCCC(OC)C(=O)Cc1ncnn1CC(C)C. The average molecular weight is 253 g/mol. The molecule has 1 heterocycles. The number of methoxy groups -OCH3 is 1. The van der Waals surface area contributed by atoms with Crippen molar-refractivity contribution in [3.05, 3.63) is 12.2 Å². The van der Waals surface area contributed by atoms with E-state index in [1.54, 1.807) is 11.8 Å². The molecule has 5 heteroatoms. The van der Waals surface area contributed by atoms with Crippen molar-refractivity contribution in [1.29, 1.82) is 0 Å². The maximum absolute atomic E-state index is 12.1. The molecule has 1 aromatic rings. The molecular formula is C13H23N3O2. The summed E-state index contributed by atoms with van der Waals surface area (Å²) in [5.41, 5.74) is 0. The molecule has 0 N–H and O–H groups in total. The van der Waals surface area contributed by atoms with Crippen molar-refractivity contribution in [2.75, 3.05) is 7.11 Å². The Morgan fingerprint density at radius 1 is 1.50 bits per heavy atom. The Bertz CT molecular complexity index is 374. The van der Waals surface area contributed by atoms with Crippen LogP contribution in [0, 0.1) is 5.92 Å². The highest BCUT2D eigenvalue weighted by Gasteiger charge is 2.19. The summed E-state index contributed by atoms with van der Waals surface area (Å²) in [6.45, 7) is 7.05. The third-order valence-corrected chi connectivity index (χ3v) is 2.76. The van der Waals surface area contributed by atoms with Gasteiger partial charge < -0.3 is 4.74 Å².